The molecule has 5 heteroatoms. The Kier molecular flexibility index (Phi) is 6.46. The van der Waals surface area contributed by atoms with E-state index in [1.54, 1.807) is 11.3 Å². The van der Waals surface area contributed by atoms with Crippen molar-refractivity contribution in [3.8, 4) is 0 Å². The summed E-state index contributed by atoms with van der Waals surface area (Å²) >= 11 is 1.78. The van der Waals surface area contributed by atoms with Gasteiger partial charge in [-0.05, 0) is 44.0 Å². The van der Waals surface area contributed by atoms with E-state index < -0.39 is 0 Å². The Morgan fingerprint density at radius 2 is 1.96 bits per heavy atom. The number of piperazine rings is 1. The Balaban J connectivity index is 1.73. The van der Waals surface area contributed by atoms with Gasteiger partial charge in [-0.1, -0.05) is 30.7 Å². The number of carbonyl (C=O) groups excluding carboxylic acids is 1. The van der Waals surface area contributed by atoms with Crippen LogP contribution in [-0.4, -0.2) is 54.5 Å². The summed E-state index contributed by atoms with van der Waals surface area (Å²) in [6, 6.07) is 12.4. The lowest BCUT2D eigenvalue weighted by atomic mass is 10.0. The van der Waals surface area contributed by atoms with Crippen molar-refractivity contribution in [3.05, 3.63) is 57.8 Å². The van der Waals surface area contributed by atoms with Crippen molar-refractivity contribution in [2.24, 2.45) is 0 Å². The summed E-state index contributed by atoms with van der Waals surface area (Å²) in [6.45, 7) is 11.7. The number of nitrogens with one attached hydrogen (secondary N) is 1. The summed E-state index contributed by atoms with van der Waals surface area (Å²) in [5.41, 5.74) is 1.84. The predicted octanol–water partition coefficient (Wildman–Crippen LogP) is 3.55. The summed E-state index contributed by atoms with van der Waals surface area (Å²) in [7, 11) is 0. The average molecular weight is 372 g/mol. The molecule has 26 heavy (non-hydrogen) atoms. The molecule has 1 saturated heterocycles. The van der Waals surface area contributed by atoms with Crippen molar-refractivity contribution in [2.45, 2.75) is 32.9 Å². The summed E-state index contributed by atoms with van der Waals surface area (Å²) in [4.78, 5) is 19.1. The molecule has 0 saturated carbocycles. The van der Waals surface area contributed by atoms with E-state index in [1.807, 2.05) is 31.2 Å². The molecule has 1 fully saturated rings. The first kappa shape index (κ1) is 19.1. The fourth-order valence-electron chi connectivity index (χ4n) is 3.72. The molecule has 0 radical (unpaired) electrons. The summed E-state index contributed by atoms with van der Waals surface area (Å²) in [6.07, 6.45) is 0. The molecule has 1 aliphatic rings. The highest BCUT2D eigenvalue weighted by molar-refractivity contribution is 7.10. The number of amides is 1. The van der Waals surface area contributed by atoms with E-state index in [0.717, 1.165) is 43.9 Å². The third-order valence-corrected chi connectivity index (χ3v) is 6.14. The van der Waals surface area contributed by atoms with Crippen LogP contribution in [0.1, 0.15) is 40.7 Å². The van der Waals surface area contributed by atoms with Gasteiger partial charge in [0.1, 0.15) is 0 Å². The Labute approximate surface area is 160 Å². The lowest BCUT2D eigenvalue weighted by Gasteiger charge is -2.41. The van der Waals surface area contributed by atoms with Crippen LogP contribution in [0.4, 0.5) is 0 Å². The SMILES string of the molecule is CCN1CCN([C@H](c2cccs2)[C@H](C)NC(=O)c2cccc(C)c2)CC1. The fourth-order valence-corrected chi connectivity index (χ4v) is 4.68. The molecule has 1 N–H and O–H groups in total. The Morgan fingerprint density at radius 1 is 1.19 bits per heavy atom. The molecule has 0 bridgehead atoms. The maximum atomic E-state index is 12.7. The van der Waals surface area contributed by atoms with E-state index in [-0.39, 0.29) is 18.0 Å². The quantitative estimate of drug-likeness (QED) is 0.843. The standard InChI is InChI=1S/C21H29N3OS/c1-4-23-10-12-24(13-11-23)20(19-9-6-14-26-19)17(3)22-21(25)18-8-5-7-16(2)15-18/h5-9,14-15,17,20H,4,10-13H2,1-3H3,(H,22,25)/t17-,20-/m0/s1. The third-order valence-electron chi connectivity index (χ3n) is 5.19. The molecule has 4 nitrogen and oxygen atoms in total. The van der Waals surface area contributed by atoms with Crippen molar-refractivity contribution >= 4 is 17.2 Å². The molecule has 0 spiro atoms. The number of benzene rings is 1. The average Bonchev–Trinajstić information content (AvgIpc) is 3.16. The topological polar surface area (TPSA) is 35.6 Å². The maximum absolute atomic E-state index is 12.7. The molecule has 3 rings (SSSR count). The number of aryl methyl sites for hydroxylation is 1. The van der Waals surface area contributed by atoms with Crippen molar-refractivity contribution in [1.82, 2.24) is 15.1 Å². The molecule has 1 aliphatic heterocycles. The van der Waals surface area contributed by atoms with Gasteiger partial charge in [0.05, 0.1) is 6.04 Å². The lowest BCUT2D eigenvalue weighted by Crippen LogP contribution is -2.52. The van der Waals surface area contributed by atoms with Gasteiger partial charge in [-0.2, -0.15) is 0 Å². The van der Waals surface area contributed by atoms with Gasteiger partial charge in [-0.3, -0.25) is 9.69 Å². The highest BCUT2D eigenvalue weighted by atomic mass is 32.1. The van der Waals surface area contributed by atoms with Crippen LogP contribution in [0.2, 0.25) is 0 Å². The van der Waals surface area contributed by atoms with Crippen LogP contribution >= 0.6 is 11.3 Å². The lowest BCUT2D eigenvalue weighted by molar-refractivity contribution is 0.0753. The van der Waals surface area contributed by atoms with Gasteiger partial charge in [0, 0.05) is 42.7 Å². The molecule has 1 aromatic carbocycles. The summed E-state index contributed by atoms with van der Waals surface area (Å²) in [5.74, 6) is 0.00921. The molecular weight excluding hydrogens is 342 g/mol. The Morgan fingerprint density at radius 3 is 2.58 bits per heavy atom. The second-order valence-electron chi connectivity index (χ2n) is 7.06. The minimum Gasteiger partial charge on any atom is -0.348 e. The zero-order chi connectivity index (χ0) is 18.5. The van der Waals surface area contributed by atoms with Gasteiger partial charge < -0.3 is 10.2 Å². The van der Waals surface area contributed by atoms with E-state index in [9.17, 15) is 4.79 Å². The van der Waals surface area contributed by atoms with Crippen LogP contribution in [0.25, 0.3) is 0 Å². The molecule has 0 unspecified atom stereocenters. The van der Waals surface area contributed by atoms with Gasteiger partial charge in [0.15, 0.2) is 0 Å². The van der Waals surface area contributed by atoms with Crippen LogP contribution in [0, 0.1) is 6.92 Å². The first-order valence-corrected chi connectivity index (χ1v) is 10.3. The van der Waals surface area contributed by atoms with Gasteiger partial charge in [-0.15, -0.1) is 11.3 Å². The minimum atomic E-state index is 0.00921. The zero-order valence-electron chi connectivity index (χ0n) is 15.9. The number of rotatable bonds is 6. The smallest absolute Gasteiger partial charge is 0.251 e. The van der Waals surface area contributed by atoms with E-state index in [1.165, 1.54) is 4.88 Å². The van der Waals surface area contributed by atoms with Crippen molar-refractivity contribution in [3.63, 3.8) is 0 Å². The van der Waals surface area contributed by atoms with Crippen LogP contribution < -0.4 is 5.32 Å². The number of likely N-dealkylation sites (N-methyl/N-ethyl adjacent to an activating group) is 1. The van der Waals surface area contributed by atoms with E-state index in [4.69, 9.17) is 0 Å². The van der Waals surface area contributed by atoms with Gasteiger partial charge in [0.25, 0.3) is 5.91 Å². The highest BCUT2D eigenvalue weighted by Crippen LogP contribution is 2.29. The zero-order valence-corrected chi connectivity index (χ0v) is 16.8. The van der Waals surface area contributed by atoms with Gasteiger partial charge in [0.2, 0.25) is 0 Å². The molecular formula is C21H29N3OS. The van der Waals surface area contributed by atoms with E-state index in [0.29, 0.717) is 0 Å². The molecule has 2 atom stereocenters. The summed E-state index contributed by atoms with van der Waals surface area (Å²) in [5, 5.41) is 5.37. The van der Waals surface area contributed by atoms with Crippen LogP contribution in [0.5, 0.6) is 0 Å². The van der Waals surface area contributed by atoms with E-state index in [2.05, 4.69) is 46.5 Å². The normalized spacial score (nSPS) is 18.4. The predicted molar refractivity (Wildman–Crippen MR) is 109 cm³/mol. The Bertz CT molecular complexity index is 708. The molecule has 140 valence electrons. The minimum absolute atomic E-state index is 0.00921. The molecule has 2 aromatic rings. The fraction of sp³-hybridized carbons (Fsp3) is 0.476. The van der Waals surface area contributed by atoms with Gasteiger partial charge in [-0.25, -0.2) is 0 Å². The van der Waals surface area contributed by atoms with Crippen molar-refractivity contribution in [1.29, 1.82) is 0 Å². The monoisotopic (exact) mass is 371 g/mol. The Hall–Kier alpha value is -1.69. The number of thiophene rings is 1. The second-order valence-corrected chi connectivity index (χ2v) is 8.04. The van der Waals surface area contributed by atoms with Crippen molar-refractivity contribution < 1.29 is 4.79 Å². The van der Waals surface area contributed by atoms with Gasteiger partial charge >= 0.3 is 0 Å². The number of carbonyl (C=O) groups is 1. The van der Waals surface area contributed by atoms with Crippen LogP contribution in [0.3, 0.4) is 0 Å². The molecule has 0 aliphatic carbocycles. The number of hydrogen-bond acceptors (Lipinski definition) is 4. The molecule has 2 heterocycles. The molecule has 1 amide bonds. The largest absolute Gasteiger partial charge is 0.348 e. The highest BCUT2D eigenvalue weighted by Gasteiger charge is 2.30. The number of hydrogen-bond donors (Lipinski definition) is 1. The maximum Gasteiger partial charge on any atom is 0.251 e. The number of nitrogens with zero attached hydrogens (tertiary/aromatic N) is 2. The molecule has 1 aromatic heterocycles. The first-order chi connectivity index (χ1) is 12.6. The van der Waals surface area contributed by atoms with Crippen LogP contribution in [0.15, 0.2) is 41.8 Å². The first-order valence-electron chi connectivity index (χ1n) is 9.46. The third kappa shape index (κ3) is 4.53. The van der Waals surface area contributed by atoms with Crippen LogP contribution in [-0.2, 0) is 0 Å². The van der Waals surface area contributed by atoms with E-state index >= 15 is 0 Å². The second kappa shape index (κ2) is 8.80. The van der Waals surface area contributed by atoms with Crippen molar-refractivity contribution in [2.75, 3.05) is 32.7 Å². The summed E-state index contributed by atoms with van der Waals surface area (Å²) < 4.78 is 0.